The van der Waals surface area contributed by atoms with Crippen LogP contribution in [0.3, 0.4) is 0 Å². The van der Waals surface area contributed by atoms with E-state index < -0.39 is 12.2 Å². The standard InChI is InChI=1S/C27H32FNO3/c1-17(2)24-16-25(18-6-4-3-5-7-18)29-27(19-8-10-20(28)11-9-19)23(24)13-12-22-14-21(30)15-26(31)32-22/h8-13,16-18,21-22,30H,3-7,14-15H2,1-2H3/t21-,22-/m1/s1. The third-order valence-corrected chi connectivity index (χ3v) is 6.54. The normalized spacial score (nSPS) is 22.5. The lowest BCUT2D eigenvalue weighted by Gasteiger charge is -2.25. The van der Waals surface area contributed by atoms with Gasteiger partial charge in [0.1, 0.15) is 11.9 Å². The lowest BCUT2D eigenvalue weighted by molar-refractivity contribution is -0.156. The molecule has 2 heterocycles. The average Bonchev–Trinajstić information content (AvgIpc) is 2.77. The van der Waals surface area contributed by atoms with E-state index in [-0.39, 0.29) is 24.1 Å². The summed E-state index contributed by atoms with van der Waals surface area (Å²) in [6.07, 6.45) is 9.13. The van der Waals surface area contributed by atoms with Crippen molar-refractivity contribution in [3.8, 4) is 11.3 Å². The number of nitrogens with zero attached hydrogens (tertiary/aromatic N) is 1. The predicted octanol–water partition coefficient (Wildman–Crippen LogP) is 6.14. The quantitative estimate of drug-likeness (QED) is 0.571. The molecule has 0 spiro atoms. The summed E-state index contributed by atoms with van der Waals surface area (Å²) in [5.74, 6) is 0.0556. The van der Waals surface area contributed by atoms with Crippen LogP contribution in [0.1, 0.15) is 87.4 Å². The first-order chi connectivity index (χ1) is 15.4. The molecule has 4 rings (SSSR count). The van der Waals surface area contributed by atoms with Crippen LogP contribution < -0.4 is 0 Å². The van der Waals surface area contributed by atoms with Gasteiger partial charge in [-0.15, -0.1) is 0 Å². The Balaban J connectivity index is 1.79. The van der Waals surface area contributed by atoms with Gasteiger partial charge in [0, 0.05) is 29.2 Å². The van der Waals surface area contributed by atoms with Crippen LogP contribution in [0, 0.1) is 5.82 Å². The molecule has 2 fully saturated rings. The largest absolute Gasteiger partial charge is 0.458 e. The van der Waals surface area contributed by atoms with Gasteiger partial charge in [-0.3, -0.25) is 9.78 Å². The number of aromatic nitrogens is 1. The van der Waals surface area contributed by atoms with Gasteiger partial charge in [0.05, 0.1) is 18.2 Å². The molecule has 0 bridgehead atoms. The Morgan fingerprint density at radius 3 is 2.53 bits per heavy atom. The lowest BCUT2D eigenvalue weighted by Crippen LogP contribution is -2.31. The minimum absolute atomic E-state index is 0.0417. The zero-order valence-corrected chi connectivity index (χ0v) is 18.9. The van der Waals surface area contributed by atoms with E-state index in [9.17, 15) is 14.3 Å². The molecule has 1 saturated carbocycles. The summed E-state index contributed by atoms with van der Waals surface area (Å²) in [6, 6.07) is 8.70. The molecule has 5 heteroatoms. The van der Waals surface area contributed by atoms with Crippen molar-refractivity contribution in [1.29, 1.82) is 0 Å². The fraction of sp³-hybridized carbons (Fsp3) is 0.481. The summed E-state index contributed by atoms with van der Waals surface area (Å²) < 4.78 is 19.0. The Morgan fingerprint density at radius 1 is 1.16 bits per heavy atom. The highest BCUT2D eigenvalue weighted by molar-refractivity contribution is 5.76. The van der Waals surface area contributed by atoms with Crippen molar-refractivity contribution >= 4 is 12.0 Å². The molecule has 1 aliphatic heterocycles. The topological polar surface area (TPSA) is 59.4 Å². The second kappa shape index (κ2) is 9.95. The van der Waals surface area contributed by atoms with Crippen molar-refractivity contribution in [3.05, 3.63) is 59.0 Å². The van der Waals surface area contributed by atoms with E-state index in [1.807, 2.05) is 12.2 Å². The average molecular weight is 438 g/mol. The van der Waals surface area contributed by atoms with Crippen LogP contribution in [-0.2, 0) is 9.53 Å². The maximum atomic E-state index is 13.6. The lowest BCUT2D eigenvalue weighted by atomic mass is 9.84. The van der Waals surface area contributed by atoms with Gasteiger partial charge >= 0.3 is 5.97 Å². The molecule has 1 aromatic heterocycles. The summed E-state index contributed by atoms with van der Waals surface area (Å²) in [4.78, 5) is 16.8. The number of carbonyl (C=O) groups excluding carboxylic acids is 1. The van der Waals surface area contributed by atoms with Crippen LogP contribution in [0.4, 0.5) is 4.39 Å². The maximum absolute atomic E-state index is 13.6. The number of carbonyl (C=O) groups is 1. The highest BCUT2D eigenvalue weighted by Crippen LogP contribution is 2.37. The second-order valence-corrected chi connectivity index (χ2v) is 9.38. The van der Waals surface area contributed by atoms with E-state index in [2.05, 4.69) is 19.9 Å². The molecule has 4 nitrogen and oxygen atoms in total. The van der Waals surface area contributed by atoms with Crippen LogP contribution in [0.25, 0.3) is 17.3 Å². The molecule has 0 amide bonds. The van der Waals surface area contributed by atoms with E-state index in [1.54, 1.807) is 12.1 Å². The fourth-order valence-electron chi connectivity index (χ4n) is 4.81. The van der Waals surface area contributed by atoms with Gasteiger partial charge < -0.3 is 9.84 Å². The molecule has 2 aromatic rings. The number of hydrogen-bond acceptors (Lipinski definition) is 4. The first kappa shape index (κ1) is 22.7. The molecule has 1 saturated heterocycles. The Kier molecular flexibility index (Phi) is 7.04. The van der Waals surface area contributed by atoms with Gasteiger partial charge in [-0.05, 0) is 60.7 Å². The monoisotopic (exact) mass is 437 g/mol. The molecule has 170 valence electrons. The number of halogens is 1. The van der Waals surface area contributed by atoms with Crippen LogP contribution in [0.5, 0.6) is 0 Å². The number of aliphatic hydroxyl groups is 1. The van der Waals surface area contributed by atoms with Crippen LogP contribution >= 0.6 is 0 Å². The van der Waals surface area contributed by atoms with Crippen molar-refractivity contribution in [2.45, 2.75) is 82.8 Å². The Bertz CT molecular complexity index is 977. The molecule has 2 aliphatic rings. The van der Waals surface area contributed by atoms with Gasteiger partial charge in [0.2, 0.25) is 0 Å². The van der Waals surface area contributed by atoms with E-state index in [4.69, 9.17) is 9.72 Å². The fourth-order valence-corrected chi connectivity index (χ4v) is 4.81. The summed E-state index contributed by atoms with van der Waals surface area (Å²) in [6.45, 7) is 4.33. The van der Waals surface area contributed by atoms with E-state index in [0.29, 0.717) is 12.3 Å². The minimum Gasteiger partial charge on any atom is -0.458 e. The minimum atomic E-state index is -0.682. The van der Waals surface area contributed by atoms with Gasteiger partial charge in [-0.1, -0.05) is 39.2 Å². The predicted molar refractivity (Wildman–Crippen MR) is 124 cm³/mol. The molecule has 1 N–H and O–H groups in total. The van der Waals surface area contributed by atoms with E-state index >= 15 is 0 Å². The highest BCUT2D eigenvalue weighted by Gasteiger charge is 2.26. The first-order valence-electron chi connectivity index (χ1n) is 11.8. The number of cyclic esters (lactones) is 1. The number of hydrogen-bond donors (Lipinski definition) is 1. The number of benzene rings is 1. The van der Waals surface area contributed by atoms with Crippen molar-refractivity contribution in [2.75, 3.05) is 0 Å². The highest BCUT2D eigenvalue weighted by atomic mass is 19.1. The molecule has 32 heavy (non-hydrogen) atoms. The van der Waals surface area contributed by atoms with Crippen molar-refractivity contribution < 1.29 is 19.0 Å². The van der Waals surface area contributed by atoms with Gasteiger partial charge in [0.15, 0.2) is 0 Å². The van der Waals surface area contributed by atoms with Crippen molar-refractivity contribution in [3.63, 3.8) is 0 Å². The number of ether oxygens (including phenoxy) is 1. The van der Waals surface area contributed by atoms with Gasteiger partial charge in [-0.25, -0.2) is 4.39 Å². The summed E-state index contributed by atoms with van der Waals surface area (Å²) >= 11 is 0. The third-order valence-electron chi connectivity index (χ3n) is 6.54. The molecule has 0 unspecified atom stereocenters. The molecule has 1 aliphatic carbocycles. The molecule has 0 radical (unpaired) electrons. The van der Waals surface area contributed by atoms with Crippen LogP contribution in [-0.4, -0.2) is 28.3 Å². The number of aliphatic hydroxyl groups excluding tert-OH is 1. The summed E-state index contributed by atoms with van der Waals surface area (Å²) in [7, 11) is 0. The first-order valence-corrected chi connectivity index (χ1v) is 11.8. The van der Waals surface area contributed by atoms with E-state index in [1.165, 1.54) is 37.0 Å². The SMILES string of the molecule is CC(C)c1cc(C2CCCCC2)nc(-c2ccc(F)cc2)c1C=C[C@@H]1C[C@@H](O)CC(=O)O1. The Morgan fingerprint density at radius 2 is 1.88 bits per heavy atom. The van der Waals surface area contributed by atoms with Crippen molar-refractivity contribution in [1.82, 2.24) is 4.98 Å². The van der Waals surface area contributed by atoms with Crippen LogP contribution in [0.2, 0.25) is 0 Å². The molecule has 2 atom stereocenters. The zero-order valence-electron chi connectivity index (χ0n) is 18.9. The zero-order chi connectivity index (χ0) is 22.7. The molecule has 1 aromatic carbocycles. The molecular weight excluding hydrogens is 405 g/mol. The smallest absolute Gasteiger partial charge is 0.309 e. The van der Waals surface area contributed by atoms with Crippen molar-refractivity contribution in [2.24, 2.45) is 0 Å². The summed E-state index contributed by atoms with van der Waals surface area (Å²) in [5.41, 5.74) is 4.95. The third kappa shape index (κ3) is 5.26. The molecular formula is C27H32FNO3. The summed E-state index contributed by atoms with van der Waals surface area (Å²) in [5, 5.41) is 9.95. The van der Waals surface area contributed by atoms with Gasteiger partial charge in [-0.2, -0.15) is 0 Å². The maximum Gasteiger partial charge on any atom is 0.309 e. The number of esters is 1. The number of rotatable bonds is 5. The Labute approximate surface area is 189 Å². The van der Waals surface area contributed by atoms with Crippen LogP contribution in [0.15, 0.2) is 36.4 Å². The Hall–Kier alpha value is -2.53. The van der Waals surface area contributed by atoms with E-state index in [0.717, 1.165) is 35.4 Å². The van der Waals surface area contributed by atoms with Gasteiger partial charge in [0.25, 0.3) is 0 Å². The second-order valence-electron chi connectivity index (χ2n) is 9.38. The number of pyridine rings is 1.